The molecule has 0 bridgehead atoms. The van der Waals surface area contributed by atoms with Crippen LogP contribution in [-0.2, 0) is 44.4 Å². The Hall–Kier alpha value is -2.02. The van der Waals surface area contributed by atoms with E-state index in [0.29, 0.717) is 74.1 Å². The fourth-order valence-electron chi connectivity index (χ4n) is 12.6. The van der Waals surface area contributed by atoms with Gasteiger partial charge in [0.2, 0.25) is 11.8 Å². The predicted molar refractivity (Wildman–Crippen MR) is 486 cm³/mol. The molecule has 3 aliphatic heterocycles. The summed E-state index contributed by atoms with van der Waals surface area (Å²) in [5.74, 6) is 6.75. The van der Waals surface area contributed by atoms with E-state index in [1.54, 1.807) is 20.9 Å². The molecule has 10 aliphatic carbocycles. The van der Waals surface area contributed by atoms with Crippen LogP contribution in [0.3, 0.4) is 0 Å². The largest absolute Gasteiger partial charge is 0.396 e. The number of nitrogens with zero attached hydrogens (tertiary/aromatic N) is 1. The highest BCUT2D eigenvalue weighted by Crippen LogP contribution is 2.51. The molecule has 704 valence electrons. The van der Waals surface area contributed by atoms with Gasteiger partial charge in [0.05, 0.1) is 55.3 Å². The van der Waals surface area contributed by atoms with Gasteiger partial charge in [-0.25, -0.2) is 12.8 Å². The van der Waals surface area contributed by atoms with Crippen molar-refractivity contribution in [2.75, 3.05) is 91.3 Å². The number of hydrogen-bond acceptors (Lipinski definition) is 18. The maximum Gasteiger partial charge on any atom is 0.225 e. The van der Waals surface area contributed by atoms with Gasteiger partial charge in [-0.05, 0) is 269 Å². The summed E-state index contributed by atoms with van der Waals surface area (Å²) < 4.78 is 85.9. The van der Waals surface area contributed by atoms with Gasteiger partial charge in [0.25, 0.3) is 0 Å². The molecule has 2 amide bonds. The van der Waals surface area contributed by atoms with Crippen LogP contribution in [0, 0.1) is 98.6 Å². The van der Waals surface area contributed by atoms with E-state index in [9.17, 15) is 26.6 Å². The van der Waals surface area contributed by atoms with Gasteiger partial charge in [0.15, 0.2) is 5.67 Å². The van der Waals surface area contributed by atoms with Crippen LogP contribution in [0.15, 0.2) is 0 Å². The molecular formula is C94H192FN3O17S2. The average molecular weight is 1720 g/mol. The number of aliphatic hydroxyl groups is 9. The quantitative estimate of drug-likeness (QED) is 0.0607. The van der Waals surface area contributed by atoms with Gasteiger partial charge in [0, 0.05) is 111 Å². The highest BCUT2D eigenvalue weighted by Gasteiger charge is 2.47. The second kappa shape index (κ2) is 70.2. The van der Waals surface area contributed by atoms with Crippen LogP contribution in [-0.4, -0.2) is 203 Å². The fourth-order valence-corrected chi connectivity index (χ4v) is 14.5. The highest BCUT2D eigenvalue weighted by molar-refractivity contribution is 7.90. The van der Waals surface area contributed by atoms with Crippen molar-refractivity contribution in [3.05, 3.63) is 0 Å². The van der Waals surface area contributed by atoms with Crippen molar-refractivity contribution in [3.8, 4) is 6.07 Å². The van der Waals surface area contributed by atoms with Crippen molar-refractivity contribution in [2.24, 2.45) is 93.0 Å². The maximum absolute atomic E-state index is 12.5. The van der Waals surface area contributed by atoms with Gasteiger partial charge < -0.3 is 71.2 Å². The Morgan fingerprint density at radius 3 is 1.04 bits per heavy atom. The molecule has 0 spiro atoms. The van der Waals surface area contributed by atoms with E-state index in [1.807, 2.05) is 47.8 Å². The van der Waals surface area contributed by atoms with Crippen molar-refractivity contribution in [2.45, 2.75) is 405 Å². The Bertz CT molecular complexity index is 2560. The SMILES string of the molecule is C.CC1CC(CO)C1.CC1CC(O)C1.CC1CC(O)C1.CC1CC(O)C1.CCC1(C(=O)NC)CC1.CCC1(CC#N)CC1.CCC1(CO)CC1.CCC1(F)COC1.CCC1(S(C)=O)CC1.CCCS(C)(=O)=O.CC[C@H](C)C(N)=O.C[C@@H]1CCC(O)C1.C[C@@H]1CCOC1.C[C@H]1CCCC1O.C[C@H]1CCOC1.[2H]C([2H])(O)[C@@H](C)CC.[2H]C([2H])(O)[C@H](C)CC. The Morgan fingerprint density at radius 1 is 0.573 bits per heavy atom. The van der Waals surface area contributed by atoms with E-state index in [2.05, 4.69) is 99.2 Å². The van der Waals surface area contributed by atoms with Crippen molar-refractivity contribution in [1.29, 1.82) is 5.26 Å². The molecule has 20 nitrogen and oxygen atoms in total. The number of nitriles is 1. The Morgan fingerprint density at radius 2 is 0.991 bits per heavy atom. The maximum atomic E-state index is 12.5. The molecule has 117 heavy (non-hydrogen) atoms. The van der Waals surface area contributed by atoms with Gasteiger partial charge in [-0.15, -0.1) is 0 Å². The minimum absolute atomic E-state index is 0. The molecule has 0 radical (unpaired) electrons. The van der Waals surface area contributed by atoms with Crippen LogP contribution >= 0.6 is 0 Å². The molecule has 13 fully saturated rings. The smallest absolute Gasteiger partial charge is 0.225 e. The Kier molecular flexibility index (Phi) is 69.0. The Balaban J connectivity index is -0.000000394. The van der Waals surface area contributed by atoms with E-state index >= 15 is 0 Å². The van der Waals surface area contributed by atoms with Gasteiger partial charge in [-0.3, -0.25) is 13.8 Å². The number of nitrogens with one attached hydrogen (secondary N) is 1. The van der Waals surface area contributed by atoms with Crippen LogP contribution in [0.5, 0.6) is 0 Å². The highest BCUT2D eigenvalue weighted by atomic mass is 32.2. The minimum Gasteiger partial charge on any atom is -0.396 e. The standard InChI is InChI=1S/C7H13NO.C7H11N.C6H12OS.4C6H12O.C5H9FO.C5H11NO.5C5H10O.2C5H12O.C4H10O2S.CH4/c1-3-7(4-5-7)6(9)8-2;1-2-7(3-4-7)5-6-8;1-3-6(4-5-6)8(2)7;1-5-2-6(3-5)4-7;1-5-2-3-6(7)4-5;1-5-3-2-4-6(5)7;1-2-6(5-7)3-4-6;1-2-5(6)3-7-4-5;1-3-4(2)5(6)7;3*1-4-2-5(6)3-4;2*1-5-2-3-6-4-5;2*1-3-5(2)4-6;1-3-4-7(2,5)6;/h3-5H2,1-2H3,(H,8,9);2-5H2,1H3;3-5H2,1-2H3;3*5-7H,2-4H2,1H3;7H,2-5H2,1H3;2-4H2,1H3;4H,3H2,1-2H3,(H2,6,7);3*4-6H,2-3H2,1H3;2*5H,2-4H2,1H3;2*5-6H,3-4H2,1-2H3;3-4H2,1-2H3;1H4/t;;;;2*5-,6?;;;4-;;;;4*5-;;/m....10..0...1010../s1/i;;;;;;;;;;;;;;2*4D2;;. The number of alkyl halides is 1. The zero-order valence-electron chi connectivity index (χ0n) is 82.2. The zero-order valence-corrected chi connectivity index (χ0v) is 79.9. The monoisotopic (exact) mass is 1720 g/mol. The average Bonchev–Trinajstić information content (AvgIpc) is 1.66. The molecule has 3 saturated heterocycles. The summed E-state index contributed by atoms with van der Waals surface area (Å²) in [6.07, 6.45) is 39.5. The lowest BCUT2D eigenvalue weighted by Crippen LogP contribution is -2.44. The molecule has 0 aromatic carbocycles. The van der Waals surface area contributed by atoms with Crippen LogP contribution in [0.4, 0.5) is 4.39 Å². The summed E-state index contributed by atoms with van der Waals surface area (Å²) in [7, 11) is -1.53. The van der Waals surface area contributed by atoms with Crippen LogP contribution < -0.4 is 11.1 Å². The number of primary amides is 1. The van der Waals surface area contributed by atoms with Gasteiger partial charge in [0.1, 0.15) is 9.84 Å². The lowest BCUT2D eigenvalue weighted by Gasteiger charge is -2.32. The summed E-state index contributed by atoms with van der Waals surface area (Å²) in [4.78, 5) is 21.2. The van der Waals surface area contributed by atoms with E-state index in [4.69, 9.17) is 71.9 Å². The van der Waals surface area contributed by atoms with E-state index in [1.165, 1.54) is 96.1 Å². The first kappa shape index (κ1) is 115. The molecule has 0 aromatic heterocycles. The number of nitrogens with two attached hydrogens (primary N) is 1. The second-order valence-corrected chi connectivity index (χ2v) is 41.0. The van der Waals surface area contributed by atoms with Crippen LogP contribution in [0.25, 0.3) is 0 Å². The number of carbonyl (C=O) groups excluding carboxylic acids is 2. The van der Waals surface area contributed by atoms with Crippen LogP contribution in [0.2, 0.25) is 0 Å². The van der Waals surface area contributed by atoms with Crippen LogP contribution in [0.1, 0.15) is 370 Å². The van der Waals surface area contributed by atoms with Crippen molar-refractivity contribution in [3.63, 3.8) is 0 Å². The summed E-state index contributed by atoms with van der Waals surface area (Å²) >= 11 is 0. The summed E-state index contributed by atoms with van der Waals surface area (Å²) in [5.41, 5.74) is 4.87. The summed E-state index contributed by atoms with van der Waals surface area (Å²) in [6.45, 7) is 41.8. The molecule has 23 heteroatoms. The molecular weight excluding hydrogens is 1530 g/mol. The van der Waals surface area contributed by atoms with Crippen molar-refractivity contribution >= 4 is 32.5 Å². The topological polar surface area (TPSA) is 357 Å². The summed E-state index contributed by atoms with van der Waals surface area (Å²) in [6, 6.07) is 2.22. The van der Waals surface area contributed by atoms with Crippen molar-refractivity contribution < 1.29 is 92.3 Å². The molecule has 10 saturated carbocycles. The van der Waals surface area contributed by atoms with Gasteiger partial charge in [-0.2, -0.15) is 5.26 Å². The first-order chi connectivity index (χ1) is 55.7. The summed E-state index contributed by atoms with van der Waals surface area (Å²) in [5, 5.41) is 89.2. The number of aliphatic hydroxyl groups excluding tert-OH is 7. The second-order valence-electron chi connectivity index (χ2n) is 36.9. The molecule has 0 aromatic rings. The molecule has 10 atom stereocenters. The minimum atomic E-state index is -2.67. The lowest BCUT2D eigenvalue weighted by molar-refractivity contribution is -0.130. The molecule has 12 N–H and O–H groups in total. The number of carbonyl (C=O) groups is 2. The Labute approximate surface area is 727 Å². The normalized spacial score (nSPS) is 29.7. The molecule has 3 heterocycles. The van der Waals surface area contributed by atoms with Crippen molar-refractivity contribution in [1.82, 2.24) is 5.32 Å². The van der Waals surface area contributed by atoms with E-state index in [0.717, 1.165) is 177 Å². The number of amides is 2. The third kappa shape index (κ3) is 66.2. The van der Waals surface area contributed by atoms with E-state index < -0.39 is 39.4 Å². The molecule has 3 unspecified atom stereocenters. The zero-order chi connectivity index (χ0) is 93.5. The molecule has 13 aliphatic rings. The number of halogens is 1. The lowest BCUT2D eigenvalue weighted by atomic mass is 9.77. The van der Waals surface area contributed by atoms with E-state index in [-0.39, 0.29) is 77.7 Å². The predicted octanol–water partition coefficient (Wildman–Crippen LogP) is 18.0. The third-order valence-corrected chi connectivity index (χ3v) is 27.8. The number of rotatable bonds is 18. The van der Waals surface area contributed by atoms with Gasteiger partial charge >= 0.3 is 0 Å². The number of sulfone groups is 1. The number of ether oxygens (including phenoxy) is 3. The number of hydrogen-bond donors (Lipinski definition) is 11. The molecule has 13 rings (SSSR count). The first-order valence-electron chi connectivity index (χ1n) is 47.5. The fraction of sp³-hybridized carbons (Fsp3) is 0.968. The first-order valence-corrected chi connectivity index (χ1v) is 49.2. The van der Waals surface area contributed by atoms with Gasteiger partial charge in [-0.1, -0.05) is 165 Å². The third-order valence-electron chi connectivity index (χ3n) is 24.8.